The van der Waals surface area contributed by atoms with Crippen molar-refractivity contribution in [2.24, 2.45) is 0 Å². The molecule has 0 aromatic heterocycles. The second-order valence-electron chi connectivity index (χ2n) is 5.32. The summed E-state index contributed by atoms with van der Waals surface area (Å²) in [5.41, 5.74) is 6.12. The zero-order chi connectivity index (χ0) is 19.7. The second-order valence-corrected chi connectivity index (χ2v) is 8.52. The van der Waals surface area contributed by atoms with E-state index in [1.807, 2.05) is 0 Å². The number of carbonyl (C=O) groups excluding carboxylic acids is 1. The van der Waals surface area contributed by atoms with Gasteiger partial charge in [-0.1, -0.05) is 6.07 Å². The van der Waals surface area contributed by atoms with Gasteiger partial charge in [0, 0.05) is 12.3 Å². The molecule has 0 radical (unpaired) electrons. The van der Waals surface area contributed by atoms with Gasteiger partial charge < -0.3 is 16.2 Å². The molecule has 2 rings (SSSR count). The van der Waals surface area contributed by atoms with Gasteiger partial charge in [-0.05, 0) is 23.6 Å². The summed E-state index contributed by atoms with van der Waals surface area (Å²) in [6.07, 6.45) is 0. The van der Waals surface area contributed by atoms with Crippen LogP contribution >= 0.6 is 0 Å². The molecule has 1 amide bonds. The Morgan fingerprint density at radius 3 is 2.46 bits per heavy atom. The second kappa shape index (κ2) is 7.07. The number of aromatic hydroxyl groups is 1. The molecule has 0 aliphatic heterocycles. The number of phenolic OH excluding ortho intramolecular Hbond substituents is 1. The predicted molar refractivity (Wildman–Crippen MR) is 93.9 cm³/mol. The van der Waals surface area contributed by atoms with Crippen LogP contribution in [0.2, 0.25) is 0 Å². The van der Waals surface area contributed by atoms with Crippen molar-refractivity contribution in [3.05, 3.63) is 24.3 Å². The molecule has 12 heteroatoms. The number of phenols is 1. The summed E-state index contributed by atoms with van der Waals surface area (Å²) in [6.45, 7) is 0.461. The lowest BCUT2D eigenvalue weighted by Crippen LogP contribution is -2.15. The summed E-state index contributed by atoms with van der Waals surface area (Å²) in [5, 5.41) is 13.2. The van der Waals surface area contributed by atoms with Crippen LogP contribution in [-0.2, 0) is 29.2 Å². The van der Waals surface area contributed by atoms with Crippen LogP contribution in [0.5, 0.6) is 5.75 Å². The number of nitrogens with one attached hydrogen (secondary N) is 1. The molecular formula is C14H16N2O8S2. The minimum Gasteiger partial charge on any atom is -0.507 e. The number of nitrogens with two attached hydrogens (primary N) is 1. The molecule has 142 valence electrons. The number of rotatable bonds is 6. The van der Waals surface area contributed by atoms with Crippen molar-refractivity contribution >= 4 is 48.3 Å². The molecule has 0 unspecified atom stereocenters. The zero-order valence-electron chi connectivity index (χ0n) is 13.5. The molecule has 10 nitrogen and oxygen atoms in total. The first-order valence-electron chi connectivity index (χ1n) is 7.08. The Bertz CT molecular complexity index is 1080. The zero-order valence-corrected chi connectivity index (χ0v) is 15.1. The molecule has 2 aromatic carbocycles. The van der Waals surface area contributed by atoms with Crippen molar-refractivity contribution in [2.75, 3.05) is 23.4 Å². The molecule has 0 aliphatic rings. The molecule has 5 N–H and O–H groups in total. The van der Waals surface area contributed by atoms with Crippen molar-refractivity contribution < 1.29 is 35.5 Å². The SMILES string of the molecule is CC(=O)Nc1c(N)ccc2cc(S(=O)(=O)CCOS(=O)(=O)O)cc(O)c12. The van der Waals surface area contributed by atoms with Gasteiger partial charge in [-0.25, -0.2) is 12.6 Å². The normalized spacial score (nSPS) is 12.2. The first-order chi connectivity index (χ1) is 11.9. The molecule has 0 atom stereocenters. The van der Waals surface area contributed by atoms with E-state index in [9.17, 15) is 26.7 Å². The average molecular weight is 404 g/mol. The summed E-state index contributed by atoms with van der Waals surface area (Å²) in [6, 6.07) is 5.09. The van der Waals surface area contributed by atoms with Gasteiger partial charge >= 0.3 is 10.4 Å². The van der Waals surface area contributed by atoms with Crippen LogP contribution in [0.4, 0.5) is 11.4 Å². The van der Waals surface area contributed by atoms with Crippen LogP contribution in [0.3, 0.4) is 0 Å². The number of fused-ring (bicyclic) bond motifs is 1. The van der Waals surface area contributed by atoms with Crippen LogP contribution < -0.4 is 11.1 Å². The standard InChI is InChI=1S/C14H16N2O8S2/c1-8(17)16-14-11(15)3-2-9-6-10(7-12(18)13(9)14)25(19,20)5-4-24-26(21,22)23/h2-3,6-7,18H,4-5,15H2,1H3,(H,16,17)(H,21,22,23). The Hall–Kier alpha value is -2.41. The van der Waals surface area contributed by atoms with Crippen LogP contribution in [-0.4, -0.2) is 44.8 Å². The van der Waals surface area contributed by atoms with Gasteiger partial charge in [0.05, 0.1) is 28.6 Å². The quantitative estimate of drug-likeness (QED) is 0.399. The lowest BCUT2D eigenvalue weighted by atomic mass is 10.1. The van der Waals surface area contributed by atoms with Crippen molar-refractivity contribution in [3.8, 4) is 5.75 Å². The Balaban J connectivity index is 2.48. The third-order valence-corrected chi connectivity index (χ3v) is 5.47. The number of sulfone groups is 1. The van der Waals surface area contributed by atoms with E-state index >= 15 is 0 Å². The molecular weight excluding hydrogens is 388 g/mol. The number of nitrogen functional groups attached to an aromatic ring is 1. The van der Waals surface area contributed by atoms with Gasteiger partial charge in [0.25, 0.3) is 0 Å². The number of benzene rings is 2. The monoisotopic (exact) mass is 404 g/mol. The summed E-state index contributed by atoms with van der Waals surface area (Å²) in [7, 11) is -8.78. The van der Waals surface area contributed by atoms with Crippen LogP contribution in [0, 0.1) is 0 Å². The number of hydrogen-bond acceptors (Lipinski definition) is 8. The molecule has 0 fully saturated rings. The topological polar surface area (TPSA) is 173 Å². The smallest absolute Gasteiger partial charge is 0.397 e. The van der Waals surface area contributed by atoms with Gasteiger partial charge in [-0.15, -0.1) is 0 Å². The van der Waals surface area contributed by atoms with Gasteiger partial charge in [0.15, 0.2) is 9.84 Å². The van der Waals surface area contributed by atoms with Crippen molar-refractivity contribution in [3.63, 3.8) is 0 Å². The van der Waals surface area contributed by atoms with Gasteiger partial charge in [-0.3, -0.25) is 9.35 Å². The molecule has 0 spiro atoms. The minimum atomic E-state index is -4.76. The molecule has 0 heterocycles. The van der Waals surface area contributed by atoms with Crippen LogP contribution in [0.15, 0.2) is 29.2 Å². The lowest BCUT2D eigenvalue weighted by molar-refractivity contribution is -0.114. The highest BCUT2D eigenvalue weighted by Gasteiger charge is 2.20. The van der Waals surface area contributed by atoms with E-state index in [1.54, 1.807) is 0 Å². The summed E-state index contributed by atoms with van der Waals surface area (Å²) in [4.78, 5) is 11.0. The Kier molecular flexibility index (Phi) is 5.41. The maximum Gasteiger partial charge on any atom is 0.397 e. The number of amides is 1. The average Bonchev–Trinajstić information content (AvgIpc) is 2.47. The summed E-state index contributed by atoms with van der Waals surface area (Å²) >= 11 is 0. The predicted octanol–water partition coefficient (Wildman–Crippen LogP) is 0.679. The Morgan fingerprint density at radius 2 is 1.88 bits per heavy atom. The number of hydrogen-bond donors (Lipinski definition) is 4. The lowest BCUT2D eigenvalue weighted by Gasteiger charge is -2.13. The number of anilines is 2. The Morgan fingerprint density at radius 1 is 1.23 bits per heavy atom. The maximum absolute atomic E-state index is 12.3. The highest BCUT2D eigenvalue weighted by Crippen LogP contribution is 2.38. The van der Waals surface area contributed by atoms with Gasteiger partial charge in [0.1, 0.15) is 5.75 Å². The molecule has 0 aliphatic carbocycles. The molecule has 0 saturated heterocycles. The fourth-order valence-corrected chi connectivity index (χ4v) is 3.83. The van der Waals surface area contributed by atoms with E-state index in [-0.39, 0.29) is 27.0 Å². The van der Waals surface area contributed by atoms with Gasteiger partial charge in [0.2, 0.25) is 5.91 Å². The van der Waals surface area contributed by atoms with Crippen molar-refractivity contribution in [1.82, 2.24) is 0 Å². The molecule has 26 heavy (non-hydrogen) atoms. The third-order valence-electron chi connectivity index (χ3n) is 3.35. The highest BCUT2D eigenvalue weighted by molar-refractivity contribution is 7.91. The third kappa shape index (κ3) is 4.60. The molecule has 0 bridgehead atoms. The Labute approximate surface area is 149 Å². The highest BCUT2D eigenvalue weighted by atomic mass is 32.3. The van der Waals surface area contributed by atoms with E-state index in [0.717, 1.165) is 6.07 Å². The maximum atomic E-state index is 12.3. The fraction of sp³-hybridized carbons (Fsp3) is 0.214. The fourth-order valence-electron chi connectivity index (χ4n) is 2.29. The van der Waals surface area contributed by atoms with E-state index < -0.39 is 44.3 Å². The summed E-state index contributed by atoms with van der Waals surface area (Å²) in [5.74, 6) is -1.61. The van der Waals surface area contributed by atoms with Crippen molar-refractivity contribution in [1.29, 1.82) is 0 Å². The van der Waals surface area contributed by atoms with Crippen LogP contribution in [0.1, 0.15) is 6.92 Å². The van der Waals surface area contributed by atoms with Crippen molar-refractivity contribution in [2.45, 2.75) is 11.8 Å². The van der Waals surface area contributed by atoms with E-state index in [4.69, 9.17) is 10.3 Å². The van der Waals surface area contributed by atoms with E-state index in [1.165, 1.54) is 25.1 Å². The minimum absolute atomic E-state index is 0.145. The number of carbonyl (C=O) groups is 1. The summed E-state index contributed by atoms with van der Waals surface area (Å²) < 4.78 is 58.0. The first-order valence-corrected chi connectivity index (χ1v) is 10.1. The first kappa shape index (κ1) is 19.9. The largest absolute Gasteiger partial charge is 0.507 e. The van der Waals surface area contributed by atoms with E-state index in [0.29, 0.717) is 0 Å². The molecule has 0 saturated carbocycles. The van der Waals surface area contributed by atoms with Crippen LogP contribution in [0.25, 0.3) is 10.8 Å². The van der Waals surface area contributed by atoms with E-state index in [2.05, 4.69) is 9.50 Å². The van der Waals surface area contributed by atoms with Gasteiger partial charge in [-0.2, -0.15) is 8.42 Å². The molecule has 2 aromatic rings.